The van der Waals surface area contributed by atoms with Gasteiger partial charge in [-0.15, -0.1) is 0 Å². The first-order chi connectivity index (χ1) is 19.2. The van der Waals surface area contributed by atoms with E-state index in [-0.39, 0.29) is 35.3 Å². The Hall–Kier alpha value is -3.58. The largest absolute Gasteiger partial charge is 0.347 e. The summed E-state index contributed by atoms with van der Waals surface area (Å²) in [5.41, 5.74) is 4.00. The van der Waals surface area contributed by atoms with Gasteiger partial charge in [0.05, 0.1) is 6.54 Å². The van der Waals surface area contributed by atoms with Crippen molar-refractivity contribution in [3.05, 3.63) is 89.5 Å². The molecule has 6 nitrogen and oxygen atoms in total. The van der Waals surface area contributed by atoms with Crippen LogP contribution in [0, 0.1) is 17.7 Å². The molecular formula is C33H37FN4O2. The minimum atomic E-state index is -0.375. The summed E-state index contributed by atoms with van der Waals surface area (Å²) in [5, 5.41) is 7.06. The lowest BCUT2D eigenvalue weighted by atomic mass is 9.58. The number of hydrogen-bond acceptors (Lipinski definition) is 4. The highest BCUT2D eigenvalue weighted by Gasteiger charge is 2.50. The van der Waals surface area contributed by atoms with Crippen LogP contribution in [0.5, 0.6) is 0 Å². The van der Waals surface area contributed by atoms with E-state index in [0.29, 0.717) is 30.5 Å². The van der Waals surface area contributed by atoms with Gasteiger partial charge in [-0.05, 0) is 103 Å². The van der Waals surface area contributed by atoms with Crippen LogP contribution in [-0.2, 0) is 17.9 Å². The molecule has 2 aromatic carbocycles. The normalized spacial score (nSPS) is 27.2. The predicted molar refractivity (Wildman–Crippen MR) is 153 cm³/mol. The molecule has 1 aromatic heterocycles. The van der Waals surface area contributed by atoms with E-state index in [1.54, 1.807) is 17.2 Å². The van der Waals surface area contributed by atoms with Crippen molar-refractivity contribution < 1.29 is 14.0 Å². The SMILES string of the molecule is CC1CC2CC(C)(NC(=O)c3ccc(-c4cccnc4)cc3)CC(NCC(=O)N3Cc4ccc(F)cc4C3)(C1)C2. The third kappa shape index (κ3) is 5.52. The highest BCUT2D eigenvalue weighted by atomic mass is 19.1. The number of amides is 2. The van der Waals surface area contributed by atoms with Crippen LogP contribution in [0.25, 0.3) is 11.1 Å². The quantitative estimate of drug-likeness (QED) is 0.435. The maximum atomic E-state index is 13.7. The number of benzene rings is 2. The van der Waals surface area contributed by atoms with E-state index in [1.807, 2.05) is 42.6 Å². The maximum Gasteiger partial charge on any atom is 0.251 e. The van der Waals surface area contributed by atoms with Gasteiger partial charge in [0.2, 0.25) is 5.91 Å². The van der Waals surface area contributed by atoms with E-state index in [2.05, 4.69) is 29.5 Å². The fourth-order valence-corrected chi connectivity index (χ4v) is 7.70. The first-order valence-corrected chi connectivity index (χ1v) is 14.3. The van der Waals surface area contributed by atoms with Crippen molar-refractivity contribution in [3.8, 4) is 11.1 Å². The summed E-state index contributed by atoms with van der Waals surface area (Å²) < 4.78 is 13.7. The minimum Gasteiger partial charge on any atom is -0.347 e. The molecule has 2 heterocycles. The number of hydrogen-bond donors (Lipinski definition) is 2. The highest BCUT2D eigenvalue weighted by molar-refractivity contribution is 5.95. The first kappa shape index (κ1) is 26.6. The molecule has 208 valence electrons. The average molecular weight is 541 g/mol. The predicted octanol–water partition coefficient (Wildman–Crippen LogP) is 5.48. The summed E-state index contributed by atoms with van der Waals surface area (Å²) >= 11 is 0. The molecule has 3 aliphatic rings. The molecule has 4 unspecified atom stereocenters. The van der Waals surface area contributed by atoms with Gasteiger partial charge < -0.3 is 15.5 Å². The van der Waals surface area contributed by atoms with Crippen molar-refractivity contribution >= 4 is 11.8 Å². The molecule has 0 saturated heterocycles. The second-order valence-electron chi connectivity index (χ2n) is 12.6. The Kier molecular flexibility index (Phi) is 6.95. The van der Waals surface area contributed by atoms with E-state index in [4.69, 9.17) is 0 Å². The van der Waals surface area contributed by atoms with Gasteiger partial charge in [0.1, 0.15) is 5.82 Å². The fourth-order valence-electron chi connectivity index (χ4n) is 7.70. The summed E-state index contributed by atoms with van der Waals surface area (Å²) in [6.45, 7) is 5.67. The van der Waals surface area contributed by atoms with Gasteiger partial charge in [-0.25, -0.2) is 4.39 Å². The Balaban J connectivity index is 1.12. The molecule has 4 atom stereocenters. The Morgan fingerprint density at radius 3 is 2.60 bits per heavy atom. The zero-order chi connectivity index (χ0) is 27.9. The first-order valence-electron chi connectivity index (χ1n) is 14.3. The third-order valence-corrected chi connectivity index (χ3v) is 9.04. The molecule has 3 aromatic rings. The minimum absolute atomic E-state index is 0.0331. The van der Waals surface area contributed by atoms with Crippen LogP contribution in [0.4, 0.5) is 4.39 Å². The summed E-state index contributed by atoms with van der Waals surface area (Å²) in [5.74, 6) is 0.741. The highest BCUT2D eigenvalue weighted by Crippen LogP contribution is 2.49. The van der Waals surface area contributed by atoms with Crippen LogP contribution in [0.2, 0.25) is 0 Å². The molecule has 2 fully saturated rings. The van der Waals surface area contributed by atoms with E-state index >= 15 is 0 Å². The van der Waals surface area contributed by atoms with Crippen molar-refractivity contribution in [3.63, 3.8) is 0 Å². The van der Waals surface area contributed by atoms with Crippen LogP contribution in [0.3, 0.4) is 0 Å². The summed E-state index contributed by atoms with van der Waals surface area (Å²) in [7, 11) is 0. The van der Waals surface area contributed by atoms with Crippen LogP contribution < -0.4 is 10.6 Å². The molecule has 2 bridgehead atoms. The number of nitrogens with one attached hydrogen (secondary N) is 2. The lowest BCUT2D eigenvalue weighted by Crippen LogP contribution is -2.64. The smallest absolute Gasteiger partial charge is 0.251 e. The van der Waals surface area contributed by atoms with Crippen molar-refractivity contribution in [1.82, 2.24) is 20.5 Å². The van der Waals surface area contributed by atoms with Gasteiger partial charge in [-0.2, -0.15) is 0 Å². The standard InChI is InChI=1S/C33H37FN4O2/c1-22-12-23-15-32(2,37-31(40)25-7-5-24(6-8-25)26-4-3-11-35-17-26)21-33(14-22,16-23)36-18-30(39)38-19-27-9-10-29(34)13-28(27)20-38/h3-11,13,17,22-23,36H,12,14-16,18-21H2,1-2H3,(H,37,40). The number of carbonyl (C=O) groups is 2. The summed E-state index contributed by atoms with van der Waals surface area (Å²) in [4.78, 5) is 32.6. The Morgan fingerprint density at radius 2 is 1.82 bits per heavy atom. The topological polar surface area (TPSA) is 74.3 Å². The zero-order valence-electron chi connectivity index (χ0n) is 23.3. The van der Waals surface area contributed by atoms with E-state index in [1.165, 1.54) is 12.1 Å². The van der Waals surface area contributed by atoms with Crippen LogP contribution >= 0.6 is 0 Å². The van der Waals surface area contributed by atoms with Crippen LogP contribution in [0.1, 0.15) is 67.4 Å². The Bertz CT molecular complexity index is 1410. The van der Waals surface area contributed by atoms with Crippen LogP contribution in [0.15, 0.2) is 67.0 Å². The number of rotatable bonds is 6. The van der Waals surface area contributed by atoms with Crippen molar-refractivity contribution in [2.24, 2.45) is 11.8 Å². The summed E-state index contributed by atoms with van der Waals surface area (Å²) in [6.07, 6.45) is 8.40. The van der Waals surface area contributed by atoms with Gasteiger partial charge in [-0.1, -0.05) is 31.2 Å². The number of carbonyl (C=O) groups excluding carboxylic acids is 2. The molecule has 6 rings (SSSR count). The van der Waals surface area contributed by atoms with Gasteiger partial charge >= 0.3 is 0 Å². The molecule has 2 amide bonds. The fraction of sp³-hybridized carbons (Fsp3) is 0.424. The monoisotopic (exact) mass is 540 g/mol. The number of fused-ring (bicyclic) bond motifs is 3. The lowest BCUT2D eigenvalue weighted by Gasteiger charge is -2.55. The number of pyridine rings is 1. The maximum absolute atomic E-state index is 13.7. The molecule has 0 radical (unpaired) electrons. The van der Waals surface area contributed by atoms with Gasteiger partial charge in [0.15, 0.2) is 0 Å². The van der Waals surface area contributed by atoms with Crippen molar-refractivity contribution in [2.45, 2.75) is 70.1 Å². The van der Waals surface area contributed by atoms with Crippen molar-refractivity contribution in [2.75, 3.05) is 6.54 Å². The molecule has 2 saturated carbocycles. The van der Waals surface area contributed by atoms with Gasteiger partial charge in [-0.3, -0.25) is 14.6 Å². The molecule has 7 heteroatoms. The molecule has 1 aliphatic heterocycles. The number of nitrogens with zero attached hydrogens (tertiary/aromatic N) is 2. The Labute approximate surface area is 235 Å². The van der Waals surface area contributed by atoms with Crippen molar-refractivity contribution in [1.29, 1.82) is 0 Å². The zero-order valence-corrected chi connectivity index (χ0v) is 23.3. The molecule has 0 spiro atoms. The second kappa shape index (κ2) is 10.4. The molecular weight excluding hydrogens is 503 g/mol. The van der Waals surface area contributed by atoms with Crippen LogP contribution in [-0.4, -0.2) is 39.3 Å². The lowest BCUT2D eigenvalue weighted by molar-refractivity contribution is -0.131. The summed E-state index contributed by atoms with van der Waals surface area (Å²) in [6, 6.07) is 16.3. The van der Waals surface area contributed by atoms with E-state index < -0.39 is 0 Å². The third-order valence-electron chi connectivity index (χ3n) is 9.04. The second-order valence-corrected chi connectivity index (χ2v) is 12.6. The number of aromatic nitrogens is 1. The van der Waals surface area contributed by atoms with Gasteiger partial charge in [0, 0.05) is 42.1 Å². The van der Waals surface area contributed by atoms with Gasteiger partial charge in [0.25, 0.3) is 5.91 Å². The molecule has 2 aliphatic carbocycles. The number of halogens is 1. The average Bonchev–Trinajstić information content (AvgIpc) is 3.35. The molecule has 40 heavy (non-hydrogen) atoms. The van der Waals surface area contributed by atoms with E-state index in [9.17, 15) is 14.0 Å². The van der Waals surface area contributed by atoms with E-state index in [0.717, 1.165) is 54.4 Å². The molecule has 2 N–H and O–H groups in total. The Morgan fingerprint density at radius 1 is 1.02 bits per heavy atom.